The maximum atomic E-state index is 12.7. The van der Waals surface area contributed by atoms with Crippen LogP contribution in [0.4, 0.5) is 0 Å². The van der Waals surface area contributed by atoms with E-state index in [9.17, 15) is 4.79 Å². The van der Waals surface area contributed by atoms with Gasteiger partial charge in [-0.25, -0.2) is 0 Å². The first kappa shape index (κ1) is 20.0. The Kier molecular flexibility index (Phi) is 6.65. The summed E-state index contributed by atoms with van der Waals surface area (Å²) in [6, 6.07) is 7.81. The molecule has 8 heteroatoms. The zero-order valence-electron chi connectivity index (χ0n) is 15.9. The molecule has 1 aromatic heterocycles. The Morgan fingerprint density at radius 1 is 1.22 bits per heavy atom. The van der Waals surface area contributed by atoms with Crippen molar-refractivity contribution in [1.29, 1.82) is 0 Å². The summed E-state index contributed by atoms with van der Waals surface area (Å²) in [5.74, 6) is 1.97. The molecule has 1 saturated heterocycles. The molecule has 0 aliphatic carbocycles. The Balaban J connectivity index is 1.55. The number of amides is 1. The molecule has 0 N–H and O–H groups in total. The van der Waals surface area contributed by atoms with E-state index in [1.54, 1.807) is 12.1 Å². The molecule has 2 atom stereocenters. The fourth-order valence-electron chi connectivity index (χ4n) is 3.39. The summed E-state index contributed by atoms with van der Waals surface area (Å²) < 4.78 is 7.60. The van der Waals surface area contributed by atoms with Gasteiger partial charge in [-0.2, -0.15) is 0 Å². The molecule has 2 aromatic rings. The molecule has 3 rings (SSSR count). The summed E-state index contributed by atoms with van der Waals surface area (Å²) >= 11 is 7.30. The second kappa shape index (κ2) is 8.97. The van der Waals surface area contributed by atoms with E-state index in [1.165, 1.54) is 18.2 Å². The smallest absolute Gasteiger partial charge is 0.233 e. The fourth-order valence-corrected chi connectivity index (χ4v) is 4.31. The number of nitrogens with zero attached hydrogens (tertiary/aromatic N) is 4. The number of thioether (sulfide) groups is 1. The third kappa shape index (κ3) is 4.96. The minimum Gasteiger partial charge on any atom is -0.486 e. The van der Waals surface area contributed by atoms with Crippen molar-refractivity contribution in [2.24, 2.45) is 7.05 Å². The molecule has 0 unspecified atom stereocenters. The highest BCUT2D eigenvalue weighted by Gasteiger charge is 2.29. The van der Waals surface area contributed by atoms with Crippen LogP contribution in [0.15, 0.2) is 29.4 Å². The van der Waals surface area contributed by atoms with Crippen LogP contribution in [-0.2, 0) is 18.4 Å². The van der Waals surface area contributed by atoms with Crippen LogP contribution in [0.5, 0.6) is 5.75 Å². The standard InChI is InChI=1S/C19H25ClN4O2S/c1-13-5-4-6-14(2)24(13)18(25)12-27-19-22-21-17(23(19)3)11-26-16-9-7-15(20)8-10-16/h7-10,13-14H,4-6,11-12H2,1-3H3/t13-,14-/m0/s1. The molecule has 1 aliphatic heterocycles. The highest BCUT2D eigenvalue weighted by molar-refractivity contribution is 7.99. The number of likely N-dealkylation sites (tertiary alicyclic amines) is 1. The van der Waals surface area contributed by atoms with Gasteiger partial charge in [-0.1, -0.05) is 23.4 Å². The van der Waals surface area contributed by atoms with E-state index < -0.39 is 0 Å². The summed E-state index contributed by atoms with van der Waals surface area (Å²) in [5.41, 5.74) is 0. The fraction of sp³-hybridized carbons (Fsp3) is 0.526. The summed E-state index contributed by atoms with van der Waals surface area (Å²) in [7, 11) is 1.89. The number of carbonyl (C=O) groups excluding carboxylic acids is 1. The Hall–Kier alpha value is -1.73. The Morgan fingerprint density at radius 2 is 1.89 bits per heavy atom. The summed E-state index contributed by atoms with van der Waals surface area (Å²) in [6.45, 7) is 4.57. The van der Waals surface area contributed by atoms with Gasteiger partial charge in [-0.15, -0.1) is 10.2 Å². The number of piperidine rings is 1. The summed E-state index contributed by atoms with van der Waals surface area (Å²) in [4.78, 5) is 14.7. The number of ether oxygens (including phenoxy) is 1. The predicted molar refractivity (Wildman–Crippen MR) is 107 cm³/mol. The zero-order valence-corrected chi connectivity index (χ0v) is 17.5. The van der Waals surface area contributed by atoms with Crippen LogP contribution < -0.4 is 4.74 Å². The van der Waals surface area contributed by atoms with Crippen molar-refractivity contribution >= 4 is 29.3 Å². The van der Waals surface area contributed by atoms with E-state index in [0.29, 0.717) is 35.3 Å². The molecule has 146 valence electrons. The lowest BCUT2D eigenvalue weighted by Gasteiger charge is -2.39. The normalized spacial score (nSPS) is 19.9. The number of rotatable bonds is 6. The number of halogens is 1. The van der Waals surface area contributed by atoms with Crippen LogP contribution in [0, 0.1) is 0 Å². The van der Waals surface area contributed by atoms with E-state index in [2.05, 4.69) is 24.0 Å². The van der Waals surface area contributed by atoms with Crippen molar-refractivity contribution < 1.29 is 9.53 Å². The first-order valence-corrected chi connectivity index (χ1v) is 10.5. The topological polar surface area (TPSA) is 60.3 Å². The molecule has 1 amide bonds. The van der Waals surface area contributed by atoms with Gasteiger partial charge >= 0.3 is 0 Å². The van der Waals surface area contributed by atoms with E-state index in [4.69, 9.17) is 16.3 Å². The first-order valence-electron chi connectivity index (χ1n) is 9.16. The zero-order chi connectivity index (χ0) is 19.4. The van der Waals surface area contributed by atoms with Gasteiger partial charge in [-0.3, -0.25) is 4.79 Å². The minimum absolute atomic E-state index is 0.168. The Bertz CT molecular complexity index is 771. The second-order valence-electron chi connectivity index (χ2n) is 6.92. The van der Waals surface area contributed by atoms with E-state index in [0.717, 1.165) is 23.7 Å². The van der Waals surface area contributed by atoms with Crippen LogP contribution in [0.2, 0.25) is 5.02 Å². The van der Waals surface area contributed by atoms with Crippen molar-refractivity contribution in [2.75, 3.05) is 5.75 Å². The van der Waals surface area contributed by atoms with Crippen molar-refractivity contribution in [3.8, 4) is 5.75 Å². The lowest BCUT2D eigenvalue weighted by Crippen LogP contribution is -2.48. The molecular formula is C19H25ClN4O2S. The number of hydrogen-bond acceptors (Lipinski definition) is 5. The second-order valence-corrected chi connectivity index (χ2v) is 8.30. The number of benzene rings is 1. The van der Waals surface area contributed by atoms with Crippen LogP contribution in [0.3, 0.4) is 0 Å². The van der Waals surface area contributed by atoms with Crippen molar-refractivity contribution in [1.82, 2.24) is 19.7 Å². The van der Waals surface area contributed by atoms with E-state index >= 15 is 0 Å². The molecule has 2 heterocycles. The van der Waals surface area contributed by atoms with Crippen molar-refractivity contribution in [2.45, 2.75) is 57.0 Å². The minimum atomic E-state index is 0.168. The SMILES string of the molecule is C[C@H]1CCC[C@H](C)N1C(=O)CSc1nnc(COc2ccc(Cl)cc2)n1C. The molecule has 0 radical (unpaired) electrons. The Morgan fingerprint density at radius 3 is 2.56 bits per heavy atom. The molecule has 0 spiro atoms. The molecule has 0 saturated carbocycles. The highest BCUT2D eigenvalue weighted by atomic mass is 35.5. The van der Waals surface area contributed by atoms with Gasteiger partial charge < -0.3 is 14.2 Å². The average Bonchev–Trinajstić information content (AvgIpc) is 2.99. The molecule has 1 aromatic carbocycles. The monoisotopic (exact) mass is 408 g/mol. The van der Waals surface area contributed by atoms with Gasteiger partial charge in [0.2, 0.25) is 5.91 Å². The molecule has 1 aliphatic rings. The molecule has 6 nitrogen and oxygen atoms in total. The average molecular weight is 409 g/mol. The van der Waals surface area contributed by atoms with E-state index in [1.807, 2.05) is 28.6 Å². The van der Waals surface area contributed by atoms with Crippen LogP contribution in [-0.4, -0.2) is 43.4 Å². The van der Waals surface area contributed by atoms with Gasteiger partial charge in [0, 0.05) is 24.2 Å². The van der Waals surface area contributed by atoms with Gasteiger partial charge in [0.15, 0.2) is 11.0 Å². The van der Waals surface area contributed by atoms with Crippen LogP contribution >= 0.6 is 23.4 Å². The number of carbonyl (C=O) groups is 1. The quantitative estimate of drug-likeness (QED) is 0.678. The molecule has 0 bridgehead atoms. The third-order valence-corrected chi connectivity index (χ3v) is 6.17. The van der Waals surface area contributed by atoms with Gasteiger partial charge in [-0.05, 0) is 57.4 Å². The molecule has 1 fully saturated rings. The summed E-state index contributed by atoms with van der Waals surface area (Å²) in [6.07, 6.45) is 3.35. The lowest BCUT2D eigenvalue weighted by atomic mass is 9.98. The Labute approximate surface area is 169 Å². The highest BCUT2D eigenvalue weighted by Crippen LogP contribution is 2.25. The number of aromatic nitrogens is 3. The maximum Gasteiger partial charge on any atom is 0.233 e. The number of hydrogen-bond donors (Lipinski definition) is 0. The molecular weight excluding hydrogens is 384 g/mol. The van der Waals surface area contributed by atoms with E-state index in [-0.39, 0.29) is 5.91 Å². The largest absolute Gasteiger partial charge is 0.486 e. The summed E-state index contributed by atoms with van der Waals surface area (Å²) in [5, 5.41) is 9.77. The third-order valence-electron chi connectivity index (χ3n) is 4.91. The van der Waals surface area contributed by atoms with Crippen LogP contribution in [0.25, 0.3) is 0 Å². The van der Waals surface area contributed by atoms with Crippen molar-refractivity contribution in [3.63, 3.8) is 0 Å². The van der Waals surface area contributed by atoms with Gasteiger partial charge in [0.05, 0.1) is 5.75 Å². The van der Waals surface area contributed by atoms with Gasteiger partial charge in [0.1, 0.15) is 12.4 Å². The first-order chi connectivity index (χ1) is 13.0. The molecule has 27 heavy (non-hydrogen) atoms. The lowest BCUT2D eigenvalue weighted by molar-refractivity contribution is -0.134. The van der Waals surface area contributed by atoms with Crippen LogP contribution in [0.1, 0.15) is 38.9 Å². The van der Waals surface area contributed by atoms with Crippen molar-refractivity contribution in [3.05, 3.63) is 35.1 Å². The van der Waals surface area contributed by atoms with Gasteiger partial charge in [0.25, 0.3) is 0 Å². The maximum absolute atomic E-state index is 12.7. The predicted octanol–water partition coefficient (Wildman–Crippen LogP) is 3.93.